The normalized spacial score (nSPS) is 21.8. The Labute approximate surface area is 111 Å². The van der Waals surface area contributed by atoms with Gasteiger partial charge in [0.05, 0.1) is 5.92 Å². The molecule has 0 aromatic carbocycles. The molecule has 0 saturated carbocycles. The fourth-order valence-corrected chi connectivity index (χ4v) is 5.68. The molecule has 0 spiro atoms. The van der Waals surface area contributed by atoms with Crippen molar-refractivity contribution in [2.24, 2.45) is 5.92 Å². The molecule has 1 aromatic heterocycles. The first-order chi connectivity index (χ1) is 7.93. The number of carboxylic acids is 1. The van der Waals surface area contributed by atoms with Gasteiger partial charge in [0.15, 0.2) is 0 Å². The molecule has 1 atom stereocenters. The van der Waals surface area contributed by atoms with Crippen molar-refractivity contribution in [2.45, 2.75) is 10.6 Å². The van der Waals surface area contributed by atoms with Crippen LogP contribution in [0, 0.1) is 5.92 Å². The largest absolute Gasteiger partial charge is 0.481 e. The molecule has 0 aliphatic carbocycles. The molecule has 8 heteroatoms. The molecule has 1 aliphatic rings. The molecule has 0 amide bonds. The topological polar surface area (TPSA) is 74.7 Å². The maximum absolute atomic E-state index is 12.2. The van der Waals surface area contributed by atoms with Gasteiger partial charge in [-0.25, -0.2) is 8.42 Å². The number of carbonyl (C=O) groups is 1. The van der Waals surface area contributed by atoms with Gasteiger partial charge in [-0.2, -0.15) is 4.31 Å². The molecule has 17 heavy (non-hydrogen) atoms. The van der Waals surface area contributed by atoms with Crippen LogP contribution in [0.3, 0.4) is 0 Å². The molecule has 1 aromatic rings. The summed E-state index contributed by atoms with van der Waals surface area (Å²) in [6.07, 6.45) is 0.373. The lowest BCUT2D eigenvalue weighted by Gasteiger charge is -2.14. The molecule has 2 heterocycles. The van der Waals surface area contributed by atoms with Gasteiger partial charge < -0.3 is 5.11 Å². The zero-order chi connectivity index (χ0) is 12.6. The summed E-state index contributed by atoms with van der Waals surface area (Å²) in [7, 11) is -3.55. The lowest BCUT2D eigenvalue weighted by molar-refractivity contribution is -0.141. The highest BCUT2D eigenvalue weighted by atomic mass is 79.9. The zero-order valence-corrected chi connectivity index (χ0v) is 11.9. The molecule has 94 valence electrons. The second-order valence-electron chi connectivity index (χ2n) is 3.74. The van der Waals surface area contributed by atoms with Crippen molar-refractivity contribution in [2.75, 3.05) is 13.1 Å². The van der Waals surface area contributed by atoms with Gasteiger partial charge in [-0.1, -0.05) is 0 Å². The van der Waals surface area contributed by atoms with E-state index in [2.05, 4.69) is 15.9 Å². The van der Waals surface area contributed by atoms with E-state index in [4.69, 9.17) is 5.11 Å². The first-order valence-corrected chi connectivity index (χ1v) is 8.00. The third kappa shape index (κ3) is 2.40. The predicted octanol–water partition coefficient (Wildman–Crippen LogP) is 1.61. The summed E-state index contributed by atoms with van der Waals surface area (Å²) in [5, 5.41) is 10.5. The van der Waals surface area contributed by atoms with Crippen LogP contribution in [0.25, 0.3) is 0 Å². The number of aliphatic carboxylic acids is 1. The minimum absolute atomic E-state index is 0.0575. The van der Waals surface area contributed by atoms with E-state index >= 15 is 0 Å². The Balaban J connectivity index is 2.25. The van der Waals surface area contributed by atoms with Gasteiger partial charge in [0.2, 0.25) is 0 Å². The fourth-order valence-electron chi connectivity index (χ4n) is 1.73. The third-order valence-corrected chi connectivity index (χ3v) is 7.17. The van der Waals surface area contributed by atoms with Crippen LogP contribution < -0.4 is 0 Å². The van der Waals surface area contributed by atoms with Crippen LogP contribution in [0.4, 0.5) is 0 Å². The summed E-state index contributed by atoms with van der Waals surface area (Å²) in [6, 6.07) is 1.67. The smallest absolute Gasteiger partial charge is 0.307 e. The second-order valence-corrected chi connectivity index (χ2v) is 7.65. The van der Waals surface area contributed by atoms with Crippen molar-refractivity contribution >= 4 is 43.3 Å². The van der Waals surface area contributed by atoms with E-state index in [0.717, 1.165) is 11.3 Å². The minimum Gasteiger partial charge on any atom is -0.481 e. The highest BCUT2D eigenvalue weighted by Crippen LogP contribution is 2.32. The van der Waals surface area contributed by atoms with E-state index in [9.17, 15) is 13.2 Å². The minimum atomic E-state index is -3.55. The quantitative estimate of drug-likeness (QED) is 0.907. The van der Waals surface area contributed by atoms with Crippen LogP contribution in [0.2, 0.25) is 0 Å². The molecular formula is C9H10BrNO4S2. The summed E-state index contributed by atoms with van der Waals surface area (Å²) in [5.41, 5.74) is 0. The van der Waals surface area contributed by atoms with Crippen LogP contribution in [0.1, 0.15) is 6.42 Å². The van der Waals surface area contributed by atoms with E-state index in [1.54, 1.807) is 11.4 Å². The molecule has 1 unspecified atom stereocenters. The number of thiophene rings is 1. The molecule has 2 rings (SSSR count). The lowest BCUT2D eigenvalue weighted by Crippen LogP contribution is -2.29. The Morgan fingerprint density at radius 1 is 1.59 bits per heavy atom. The van der Waals surface area contributed by atoms with Gasteiger partial charge in [0.1, 0.15) is 4.21 Å². The Hall–Kier alpha value is -0.440. The van der Waals surface area contributed by atoms with Crippen LogP contribution >= 0.6 is 27.3 Å². The average molecular weight is 340 g/mol. The molecule has 1 aliphatic heterocycles. The number of rotatable bonds is 3. The second kappa shape index (κ2) is 4.68. The first kappa shape index (κ1) is 13.0. The SMILES string of the molecule is O=C(O)C1CCN(S(=O)(=O)c2sccc2Br)C1. The number of hydrogen-bond acceptors (Lipinski definition) is 4. The Bertz CT molecular complexity index is 539. The molecule has 5 nitrogen and oxygen atoms in total. The maximum atomic E-state index is 12.2. The van der Waals surface area contributed by atoms with Gasteiger partial charge in [0.25, 0.3) is 10.0 Å². The average Bonchev–Trinajstić information content (AvgIpc) is 2.84. The van der Waals surface area contributed by atoms with Crippen LogP contribution in [0.15, 0.2) is 20.1 Å². The maximum Gasteiger partial charge on any atom is 0.307 e. The number of carboxylic acid groups (broad SMARTS) is 1. The number of nitrogens with zero attached hydrogens (tertiary/aromatic N) is 1. The molecule has 1 N–H and O–H groups in total. The van der Waals surface area contributed by atoms with Crippen molar-refractivity contribution < 1.29 is 18.3 Å². The summed E-state index contributed by atoms with van der Waals surface area (Å²) in [6.45, 7) is 0.325. The standard InChI is InChI=1S/C9H10BrNO4S2/c10-7-2-4-16-9(7)17(14,15)11-3-1-6(5-11)8(12)13/h2,4,6H,1,3,5H2,(H,12,13). The van der Waals surface area contributed by atoms with E-state index in [-0.39, 0.29) is 17.3 Å². The lowest BCUT2D eigenvalue weighted by atomic mass is 10.1. The molecule has 0 bridgehead atoms. The van der Waals surface area contributed by atoms with E-state index in [1.165, 1.54) is 4.31 Å². The summed E-state index contributed by atoms with van der Waals surface area (Å²) < 4.78 is 26.4. The fraction of sp³-hybridized carbons (Fsp3) is 0.444. The molecule has 1 fully saturated rings. The summed E-state index contributed by atoms with van der Waals surface area (Å²) in [5.74, 6) is -1.53. The molecule has 0 radical (unpaired) electrons. The highest BCUT2D eigenvalue weighted by Gasteiger charge is 2.37. The van der Waals surface area contributed by atoms with Crippen molar-refractivity contribution in [3.8, 4) is 0 Å². The van der Waals surface area contributed by atoms with Crippen molar-refractivity contribution in [1.29, 1.82) is 0 Å². The zero-order valence-electron chi connectivity index (χ0n) is 8.67. The number of hydrogen-bond donors (Lipinski definition) is 1. The Morgan fingerprint density at radius 2 is 2.29 bits per heavy atom. The first-order valence-electron chi connectivity index (χ1n) is 4.89. The third-order valence-electron chi connectivity index (χ3n) is 2.66. The van der Waals surface area contributed by atoms with E-state index < -0.39 is 21.9 Å². The number of halogens is 1. The summed E-state index contributed by atoms with van der Waals surface area (Å²) >= 11 is 4.31. The van der Waals surface area contributed by atoms with Gasteiger partial charge in [0, 0.05) is 17.6 Å². The highest BCUT2D eigenvalue weighted by molar-refractivity contribution is 9.10. The molecular weight excluding hydrogens is 330 g/mol. The van der Waals surface area contributed by atoms with Gasteiger partial charge in [-0.3, -0.25) is 4.79 Å². The van der Waals surface area contributed by atoms with E-state index in [1.807, 2.05) is 0 Å². The van der Waals surface area contributed by atoms with Crippen LogP contribution in [-0.2, 0) is 14.8 Å². The predicted molar refractivity (Wildman–Crippen MR) is 66.5 cm³/mol. The van der Waals surface area contributed by atoms with Crippen molar-refractivity contribution in [3.63, 3.8) is 0 Å². The monoisotopic (exact) mass is 339 g/mol. The van der Waals surface area contributed by atoms with E-state index in [0.29, 0.717) is 10.9 Å². The molecule has 1 saturated heterocycles. The van der Waals surface area contributed by atoms with Gasteiger partial charge in [-0.05, 0) is 33.8 Å². The van der Waals surface area contributed by atoms with Crippen molar-refractivity contribution in [3.05, 3.63) is 15.9 Å². The number of sulfonamides is 1. The van der Waals surface area contributed by atoms with Gasteiger partial charge >= 0.3 is 5.97 Å². The van der Waals surface area contributed by atoms with Crippen molar-refractivity contribution in [1.82, 2.24) is 4.31 Å². The summed E-state index contributed by atoms with van der Waals surface area (Å²) in [4.78, 5) is 10.8. The van der Waals surface area contributed by atoms with Gasteiger partial charge in [-0.15, -0.1) is 11.3 Å². The van der Waals surface area contributed by atoms with Crippen LogP contribution in [-0.4, -0.2) is 36.9 Å². The van der Waals surface area contributed by atoms with Crippen LogP contribution in [0.5, 0.6) is 0 Å². The Kier molecular flexibility index (Phi) is 3.58. The Morgan fingerprint density at radius 3 is 2.76 bits per heavy atom.